The molecule has 42 heavy (non-hydrogen) atoms. The van der Waals surface area contributed by atoms with Gasteiger partial charge in [-0.1, -0.05) is 72.3 Å². The number of hydrogen-bond acceptors (Lipinski definition) is 4. The number of halogens is 3. The molecule has 1 fully saturated rings. The lowest BCUT2D eigenvalue weighted by Crippen LogP contribution is -2.53. The second-order valence-corrected chi connectivity index (χ2v) is 13.4. The Hall–Kier alpha value is -3.14. The smallest absolute Gasteiger partial charge is 0.264 e. The predicted octanol–water partition coefficient (Wildman–Crippen LogP) is 6.50. The van der Waals surface area contributed by atoms with E-state index in [1.54, 1.807) is 19.1 Å². The average Bonchev–Trinajstić information content (AvgIpc) is 2.95. The zero-order valence-corrected chi connectivity index (χ0v) is 25.9. The highest BCUT2D eigenvalue weighted by molar-refractivity contribution is 7.92. The van der Waals surface area contributed by atoms with Gasteiger partial charge in [0.1, 0.15) is 18.4 Å². The first kappa shape index (κ1) is 31.8. The largest absolute Gasteiger partial charge is 0.352 e. The van der Waals surface area contributed by atoms with Crippen molar-refractivity contribution in [3.05, 3.63) is 93.7 Å². The van der Waals surface area contributed by atoms with E-state index in [0.29, 0.717) is 5.56 Å². The van der Waals surface area contributed by atoms with Gasteiger partial charge in [0, 0.05) is 22.6 Å². The predicted molar refractivity (Wildman–Crippen MR) is 164 cm³/mol. The summed E-state index contributed by atoms with van der Waals surface area (Å²) in [6.07, 6.45) is 4.89. The molecule has 1 aliphatic rings. The number of carbonyl (C=O) groups excluding carboxylic acids is 2. The number of aryl methyl sites for hydroxylation is 1. The highest BCUT2D eigenvalue weighted by Crippen LogP contribution is 2.30. The zero-order valence-electron chi connectivity index (χ0n) is 23.5. The SMILES string of the molecule is Cc1ccc(S(=O)(=O)N(CC(=O)N(Cc2ccc(F)cc2)[C@@H](C)C(=O)NC2CCCCC2)c2cc(Cl)cc(Cl)c2)cc1. The highest BCUT2D eigenvalue weighted by Gasteiger charge is 2.33. The van der Waals surface area contributed by atoms with Gasteiger partial charge in [-0.3, -0.25) is 13.9 Å². The molecule has 0 aromatic heterocycles. The van der Waals surface area contributed by atoms with Gasteiger partial charge in [0.05, 0.1) is 10.6 Å². The van der Waals surface area contributed by atoms with Crippen LogP contribution in [0, 0.1) is 12.7 Å². The molecule has 1 aliphatic carbocycles. The van der Waals surface area contributed by atoms with Crippen LogP contribution in [0.25, 0.3) is 0 Å². The summed E-state index contributed by atoms with van der Waals surface area (Å²) in [4.78, 5) is 28.7. The van der Waals surface area contributed by atoms with Crippen molar-refractivity contribution in [2.24, 2.45) is 0 Å². The number of anilines is 1. The summed E-state index contributed by atoms with van der Waals surface area (Å²) in [5, 5.41) is 3.43. The lowest BCUT2D eigenvalue weighted by molar-refractivity contribution is -0.139. The van der Waals surface area contributed by atoms with Crippen molar-refractivity contribution in [2.45, 2.75) is 69.5 Å². The lowest BCUT2D eigenvalue weighted by Gasteiger charge is -2.33. The normalized spacial score (nSPS) is 14.7. The topological polar surface area (TPSA) is 86.8 Å². The van der Waals surface area contributed by atoms with Gasteiger partial charge in [-0.2, -0.15) is 0 Å². The Morgan fingerprint density at radius 3 is 2.14 bits per heavy atom. The minimum Gasteiger partial charge on any atom is -0.352 e. The molecule has 1 saturated carbocycles. The lowest BCUT2D eigenvalue weighted by atomic mass is 9.95. The van der Waals surface area contributed by atoms with Gasteiger partial charge >= 0.3 is 0 Å². The maximum absolute atomic E-state index is 14.0. The molecule has 7 nitrogen and oxygen atoms in total. The minimum absolute atomic E-state index is 0.0171. The highest BCUT2D eigenvalue weighted by atomic mass is 35.5. The van der Waals surface area contributed by atoms with Crippen LogP contribution in [-0.4, -0.2) is 43.8 Å². The second-order valence-electron chi connectivity index (χ2n) is 10.6. The van der Waals surface area contributed by atoms with Gasteiger partial charge < -0.3 is 10.2 Å². The number of rotatable bonds is 10. The first-order valence-electron chi connectivity index (χ1n) is 13.8. The average molecular weight is 635 g/mol. The molecule has 0 aliphatic heterocycles. The summed E-state index contributed by atoms with van der Waals surface area (Å²) < 4.78 is 42.4. The molecule has 11 heteroatoms. The maximum Gasteiger partial charge on any atom is 0.264 e. The molecule has 0 radical (unpaired) electrons. The molecule has 3 aromatic rings. The van der Waals surface area contributed by atoms with Crippen LogP contribution in [0.2, 0.25) is 10.0 Å². The van der Waals surface area contributed by atoms with Gasteiger partial charge in [-0.25, -0.2) is 12.8 Å². The van der Waals surface area contributed by atoms with E-state index in [1.165, 1.54) is 59.5 Å². The second kappa shape index (κ2) is 13.9. The Bertz CT molecular complexity index is 1490. The van der Waals surface area contributed by atoms with Gasteiger partial charge in [-0.05, 0) is 74.7 Å². The quantitative estimate of drug-likeness (QED) is 0.276. The van der Waals surface area contributed by atoms with Crippen LogP contribution in [-0.2, 0) is 26.2 Å². The Kier molecular flexibility index (Phi) is 10.5. The van der Waals surface area contributed by atoms with Crippen molar-refractivity contribution in [3.8, 4) is 0 Å². The molecular formula is C31H34Cl2FN3O4S. The molecule has 1 N–H and O–H groups in total. The van der Waals surface area contributed by atoms with Gasteiger partial charge in [0.2, 0.25) is 11.8 Å². The van der Waals surface area contributed by atoms with Crippen LogP contribution >= 0.6 is 23.2 Å². The number of carbonyl (C=O) groups is 2. The molecule has 2 amide bonds. The summed E-state index contributed by atoms with van der Waals surface area (Å²) in [6.45, 7) is 2.78. The van der Waals surface area contributed by atoms with Crippen molar-refractivity contribution in [3.63, 3.8) is 0 Å². The Labute approximate surface area is 256 Å². The first-order valence-corrected chi connectivity index (χ1v) is 16.0. The fourth-order valence-corrected chi connectivity index (χ4v) is 6.90. The third kappa shape index (κ3) is 8.02. The summed E-state index contributed by atoms with van der Waals surface area (Å²) in [5.41, 5.74) is 1.55. The summed E-state index contributed by atoms with van der Waals surface area (Å²) in [6, 6.07) is 15.2. The molecular weight excluding hydrogens is 600 g/mol. The Morgan fingerprint density at radius 1 is 0.952 bits per heavy atom. The van der Waals surface area contributed by atoms with Crippen molar-refractivity contribution in [1.29, 1.82) is 0 Å². The van der Waals surface area contributed by atoms with Crippen LogP contribution in [0.1, 0.15) is 50.2 Å². The summed E-state index contributed by atoms with van der Waals surface area (Å²) >= 11 is 12.5. The minimum atomic E-state index is -4.26. The fraction of sp³-hybridized carbons (Fsp3) is 0.355. The van der Waals surface area contributed by atoms with Crippen molar-refractivity contribution in [1.82, 2.24) is 10.2 Å². The van der Waals surface area contributed by atoms with E-state index in [4.69, 9.17) is 23.2 Å². The van der Waals surface area contributed by atoms with E-state index < -0.39 is 34.3 Å². The van der Waals surface area contributed by atoms with Gasteiger partial charge in [0.25, 0.3) is 10.0 Å². The van der Waals surface area contributed by atoms with E-state index in [1.807, 2.05) is 6.92 Å². The first-order chi connectivity index (χ1) is 19.9. The molecule has 3 aromatic carbocycles. The number of nitrogens with zero attached hydrogens (tertiary/aromatic N) is 2. The Morgan fingerprint density at radius 2 is 1.55 bits per heavy atom. The fourth-order valence-electron chi connectivity index (χ4n) is 4.99. The summed E-state index contributed by atoms with van der Waals surface area (Å²) in [7, 11) is -4.26. The van der Waals surface area contributed by atoms with Crippen LogP contribution in [0.15, 0.2) is 71.6 Å². The van der Waals surface area contributed by atoms with E-state index in [-0.39, 0.29) is 39.1 Å². The summed E-state index contributed by atoms with van der Waals surface area (Å²) in [5.74, 6) is -1.40. The molecule has 0 saturated heterocycles. The number of nitrogens with one attached hydrogen (secondary N) is 1. The van der Waals surface area contributed by atoms with E-state index in [2.05, 4.69) is 5.32 Å². The third-order valence-electron chi connectivity index (χ3n) is 7.41. The standard InChI is InChI=1S/C31H34Cl2FN3O4S/c1-21-8-14-29(15-9-21)42(40,41)37(28-17-24(32)16-25(33)18-28)20-30(38)36(19-23-10-12-26(34)13-11-23)22(2)31(39)35-27-6-4-3-5-7-27/h8-18,22,27H,3-7,19-20H2,1-2H3,(H,35,39)/t22-/m0/s1. The van der Waals surface area contributed by atoms with Crippen molar-refractivity contribution < 1.29 is 22.4 Å². The van der Waals surface area contributed by atoms with Crippen LogP contribution in [0.5, 0.6) is 0 Å². The van der Waals surface area contributed by atoms with Crippen LogP contribution in [0.3, 0.4) is 0 Å². The maximum atomic E-state index is 14.0. The monoisotopic (exact) mass is 633 g/mol. The van der Waals surface area contributed by atoms with E-state index in [0.717, 1.165) is 42.0 Å². The third-order valence-corrected chi connectivity index (χ3v) is 9.63. The number of amides is 2. The molecule has 1 atom stereocenters. The number of hydrogen-bond donors (Lipinski definition) is 1. The van der Waals surface area contributed by atoms with E-state index >= 15 is 0 Å². The Balaban J connectivity index is 1.69. The van der Waals surface area contributed by atoms with Crippen LogP contribution < -0.4 is 9.62 Å². The molecule has 0 spiro atoms. The molecule has 0 heterocycles. The number of benzene rings is 3. The van der Waals surface area contributed by atoms with Crippen LogP contribution in [0.4, 0.5) is 10.1 Å². The van der Waals surface area contributed by atoms with Gasteiger partial charge in [-0.15, -0.1) is 0 Å². The molecule has 4 rings (SSSR count). The zero-order chi connectivity index (χ0) is 30.4. The number of sulfonamides is 1. The van der Waals surface area contributed by atoms with Crippen molar-refractivity contribution >= 4 is 50.7 Å². The molecule has 0 unspecified atom stereocenters. The van der Waals surface area contributed by atoms with Gasteiger partial charge in [0.15, 0.2) is 0 Å². The van der Waals surface area contributed by atoms with Crippen molar-refractivity contribution in [2.75, 3.05) is 10.8 Å². The van der Waals surface area contributed by atoms with E-state index in [9.17, 15) is 22.4 Å². The molecule has 0 bridgehead atoms. The molecule has 224 valence electrons.